The number of fused-ring (bicyclic) bond motifs is 1. The highest BCUT2D eigenvalue weighted by atomic mass is 35.5. The number of hydrazone groups is 1. The van der Waals surface area contributed by atoms with Crippen molar-refractivity contribution in [1.82, 2.24) is 10.4 Å². The summed E-state index contributed by atoms with van der Waals surface area (Å²) in [5.74, 6) is -0.815. The zero-order valence-electron chi connectivity index (χ0n) is 21.7. The monoisotopic (exact) mass is 616 g/mol. The summed E-state index contributed by atoms with van der Waals surface area (Å²) in [6.07, 6.45) is 1.40. The maximum absolute atomic E-state index is 13.3. The van der Waals surface area contributed by atoms with Crippen LogP contribution in [0, 0.1) is 11.3 Å². The van der Waals surface area contributed by atoms with Gasteiger partial charge in [-0.25, -0.2) is 10.2 Å². The summed E-state index contributed by atoms with van der Waals surface area (Å²) in [6.45, 7) is 0. The molecular weight excluding hydrogens is 599 g/mol. The molecule has 208 valence electrons. The molecule has 1 amide bonds. The van der Waals surface area contributed by atoms with Gasteiger partial charge in [-0.05, 0) is 54.1 Å². The van der Waals surface area contributed by atoms with Crippen LogP contribution in [0.2, 0.25) is 15.1 Å². The largest absolute Gasteiger partial charge is 0.493 e. The van der Waals surface area contributed by atoms with Gasteiger partial charge in [0.25, 0.3) is 5.91 Å². The van der Waals surface area contributed by atoms with Crippen LogP contribution in [-0.2, 0) is 0 Å². The number of para-hydroxylation sites is 1. The van der Waals surface area contributed by atoms with Gasteiger partial charge in [-0.15, -0.1) is 0 Å². The van der Waals surface area contributed by atoms with Gasteiger partial charge in [-0.1, -0.05) is 65.1 Å². The third-order valence-electron chi connectivity index (χ3n) is 6.25. The molecule has 0 aliphatic carbocycles. The van der Waals surface area contributed by atoms with E-state index in [9.17, 15) is 14.9 Å². The van der Waals surface area contributed by atoms with Crippen molar-refractivity contribution in [3.63, 3.8) is 0 Å². The molecule has 0 spiro atoms. The molecule has 0 atom stereocenters. The van der Waals surface area contributed by atoms with Crippen LogP contribution in [0.3, 0.4) is 0 Å². The summed E-state index contributed by atoms with van der Waals surface area (Å²) in [6, 6.07) is 23.7. The van der Waals surface area contributed by atoms with Crippen molar-refractivity contribution in [3.8, 4) is 28.7 Å². The second-order valence-electron chi connectivity index (χ2n) is 8.82. The fourth-order valence-electron chi connectivity index (χ4n) is 4.30. The van der Waals surface area contributed by atoms with E-state index < -0.39 is 11.9 Å². The number of nitriles is 1. The number of aromatic amines is 1. The molecule has 0 saturated heterocycles. The normalized spacial score (nSPS) is 10.9. The number of nitrogens with one attached hydrogen (secondary N) is 2. The second-order valence-corrected chi connectivity index (χ2v) is 10.1. The Labute approximate surface area is 255 Å². The minimum Gasteiger partial charge on any atom is -0.493 e. The van der Waals surface area contributed by atoms with E-state index in [1.807, 2.05) is 12.1 Å². The first kappa shape index (κ1) is 28.7. The highest BCUT2D eigenvalue weighted by Gasteiger charge is 2.22. The Morgan fingerprint density at radius 1 is 0.952 bits per heavy atom. The Morgan fingerprint density at radius 2 is 1.76 bits per heavy atom. The third kappa shape index (κ3) is 5.80. The van der Waals surface area contributed by atoms with Crippen molar-refractivity contribution in [1.29, 1.82) is 5.26 Å². The molecule has 1 heterocycles. The highest BCUT2D eigenvalue weighted by molar-refractivity contribution is 6.36. The van der Waals surface area contributed by atoms with Crippen molar-refractivity contribution >= 4 is 63.8 Å². The molecule has 11 heteroatoms. The van der Waals surface area contributed by atoms with E-state index in [4.69, 9.17) is 44.3 Å². The highest BCUT2D eigenvalue weighted by Crippen LogP contribution is 2.37. The van der Waals surface area contributed by atoms with Crippen molar-refractivity contribution < 1.29 is 19.1 Å². The molecule has 0 unspecified atom stereocenters. The number of aromatic nitrogens is 1. The fraction of sp³-hybridized carbons (Fsp3) is 0.0323. The predicted molar refractivity (Wildman–Crippen MR) is 163 cm³/mol. The van der Waals surface area contributed by atoms with Crippen molar-refractivity contribution in [2.24, 2.45) is 5.10 Å². The Morgan fingerprint density at radius 3 is 2.50 bits per heavy atom. The number of hydrogen-bond acceptors (Lipinski definition) is 6. The maximum atomic E-state index is 13.3. The summed E-state index contributed by atoms with van der Waals surface area (Å²) in [5, 5.41) is 15.3. The zero-order valence-corrected chi connectivity index (χ0v) is 24.0. The minimum absolute atomic E-state index is 0.145. The van der Waals surface area contributed by atoms with Gasteiger partial charge in [0.05, 0.1) is 35.0 Å². The number of esters is 1. The standard InChI is InChI=1S/C31H19Cl3N4O4/c1-41-26-13-17(9-12-25(26)42-31(40)21-11-10-19(32)14-24(21)34)16-36-38-30(39)29-27(20-6-2-3-8-23(20)33)22-7-4-5-18(15-35)28(22)37-29/h2-14,16,37H,1H3,(H,38,39). The number of carbonyl (C=O) groups excluding carboxylic acids is 2. The Kier molecular flexibility index (Phi) is 8.46. The lowest BCUT2D eigenvalue weighted by Crippen LogP contribution is -2.19. The summed E-state index contributed by atoms with van der Waals surface area (Å²) < 4.78 is 10.8. The van der Waals surface area contributed by atoms with Crippen LogP contribution in [-0.4, -0.2) is 30.2 Å². The van der Waals surface area contributed by atoms with Gasteiger partial charge in [-0.3, -0.25) is 4.79 Å². The fourth-order valence-corrected chi connectivity index (χ4v) is 5.02. The lowest BCUT2D eigenvalue weighted by Gasteiger charge is -2.10. The molecule has 0 bridgehead atoms. The van der Waals surface area contributed by atoms with Gasteiger partial charge in [0, 0.05) is 26.6 Å². The van der Waals surface area contributed by atoms with E-state index in [1.54, 1.807) is 42.5 Å². The summed E-state index contributed by atoms with van der Waals surface area (Å²) in [4.78, 5) is 29.0. The Balaban J connectivity index is 1.39. The molecule has 5 rings (SSSR count). The first-order chi connectivity index (χ1) is 20.3. The predicted octanol–water partition coefficient (Wildman–Crippen LogP) is 7.66. The van der Waals surface area contributed by atoms with E-state index in [0.717, 1.165) is 0 Å². The molecule has 2 N–H and O–H groups in total. The molecule has 5 aromatic rings. The van der Waals surface area contributed by atoms with E-state index in [1.165, 1.54) is 37.6 Å². The molecule has 0 saturated carbocycles. The number of rotatable bonds is 7. The van der Waals surface area contributed by atoms with Gasteiger partial charge < -0.3 is 14.5 Å². The lowest BCUT2D eigenvalue weighted by atomic mass is 10.0. The number of benzene rings is 4. The number of carbonyl (C=O) groups is 2. The first-order valence-corrected chi connectivity index (χ1v) is 13.4. The van der Waals surface area contributed by atoms with Crippen molar-refractivity contribution in [2.75, 3.05) is 7.11 Å². The molecule has 1 aromatic heterocycles. The number of ether oxygens (including phenoxy) is 2. The molecule has 42 heavy (non-hydrogen) atoms. The van der Waals surface area contributed by atoms with Crippen LogP contribution in [0.4, 0.5) is 0 Å². The van der Waals surface area contributed by atoms with Crippen LogP contribution in [0.15, 0.2) is 84.0 Å². The van der Waals surface area contributed by atoms with Crippen molar-refractivity contribution in [3.05, 3.63) is 116 Å². The summed E-state index contributed by atoms with van der Waals surface area (Å²) in [5.41, 5.74) is 5.47. The zero-order chi connectivity index (χ0) is 29.8. The summed E-state index contributed by atoms with van der Waals surface area (Å²) in [7, 11) is 1.42. The number of H-pyrrole nitrogens is 1. The second kappa shape index (κ2) is 12.4. The van der Waals surface area contributed by atoms with Crippen LogP contribution in [0.5, 0.6) is 11.5 Å². The molecule has 8 nitrogen and oxygen atoms in total. The topological polar surface area (TPSA) is 117 Å². The average Bonchev–Trinajstić information content (AvgIpc) is 3.37. The third-order valence-corrected chi connectivity index (χ3v) is 7.12. The maximum Gasteiger partial charge on any atom is 0.345 e. The number of amides is 1. The Hall–Kier alpha value is -4.81. The van der Waals surface area contributed by atoms with E-state index in [0.29, 0.717) is 43.2 Å². The summed E-state index contributed by atoms with van der Waals surface area (Å²) >= 11 is 18.5. The van der Waals surface area contributed by atoms with Gasteiger partial charge in [0.1, 0.15) is 11.8 Å². The van der Waals surface area contributed by atoms with Gasteiger partial charge in [0.2, 0.25) is 0 Å². The van der Waals surface area contributed by atoms with Crippen molar-refractivity contribution in [2.45, 2.75) is 0 Å². The minimum atomic E-state index is -0.684. The molecular formula is C31H19Cl3N4O4. The number of halogens is 3. The molecule has 0 aliphatic heterocycles. The molecule has 0 radical (unpaired) electrons. The lowest BCUT2D eigenvalue weighted by molar-refractivity contribution is 0.0729. The number of hydrogen-bond donors (Lipinski definition) is 2. The van der Waals surface area contributed by atoms with E-state index in [2.05, 4.69) is 21.6 Å². The van der Waals surface area contributed by atoms with Gasteiger partial charge in [-0.2, -0.15) is 10.4 Å². The smallest absolute Gasteiger partial charge is 0.345 e. The van der Waals surface area contributed by atoms with Crippen LogP contribution in [0.25, 0.3) is 22.0 Å². The van der Waals surface area contributed by atoms with Crippen LogP contribution >= 0.6 is 34.8 Å². The first-order valence-electron chi connectivity index (χ1n) is 12.3. The molecule has 0 fully saturated rings. The van der Waals surface area contributed by atoms with E-state index >= 15 is 0 Å². The van der Waals surface area contributed by atoms with Gasteiger partial charge >= 0.3 is 5.97 Å². The van der Waals surface area contributed by atoms with Crippen LogP contribution < -0.4 is 14.9 Å². The van der Waals surface area contributed by atoms with Crippen LogP contribution in [0.1, 0.15) is 32.0 Å². The molecule has 0 aliphatic rings. The quantitative estimate of drug-likeness (QED) is 0.0842. The SMILES string of the molecule is COc1cc(C=NNC(=O)c2[nH]c3c(C#N)cccc3c2-c2ccccc2Cl)ccc1OC(=O)c1ccc(Cl)cc1Cl. The molecule has 4 aromatic carbocycles. The van der Waals surface area contributed by atoms with Gasteiger partial charge in [0.15, 0.2) is 11.5 Å². The number of nitrogens with zero attached hydrogens (tertiary/aromatic N) is 2. The average molecular weight is 618 g/mol. The van der Waals surface area contributed by atoms with E-state index in [-0.39, 0.29) is 27.8 Å². The number of methoxy groups -OCH3 is 1. The Bertz CT molecular complexity index is 1930.